The predicted octanol–water partition coefficient (Wildman–Crippen LogP) is 5.21. The van der Waals surface area contributed by atoms with Crippen molar-refractivity contribution in [2.45, 2.75) is 6.54 Å². The van der Waals surface area contributed by atoms with Crippen molar-refractivity contribution in [1.82, 2.24) is 14.5 Å². The summed E-state index contributed by atoms with van der Waals surface area (Å²) in [5.41, 5.74) is 8.73. The molecular weight excluding hydrogens is 408 g/mol. The standard InChI is InChI=1S/C17H12BrClN4S/c18-10-1-3-15-12(7-10)13(14-5-6-21-17(20)22-14)9-23(15)8-11-2-4-16(19)24-11/h1-7,9H,8H2,(H2,20,21,22). The van der Waals surface area contributed by atoms with Crippen molar-refractivity contribution in [3.63, 3.8) is 0 Å². The molecule has 0 saturated carbocycles. The Hall–Kier alpha value is -1.89. The monoisotopic (exact) mass is 418 g/mol. The highest BCUT2D eigenvalue weighted by Gasteiger charge is 2.13. The van der Waals surface area contributed by atoms with Crippen LogP contribution < -0.4 is 5.73 Å². The second-order valence-corrected chi connectivity index (χ2v) is 8.05. The van der Waals surface area contributed by atoms with Crippen LogP contribution in [0, 0.1) is 0 Å². The molecular formula is C17H12BrClN4S. The molecule has 4 aromatic rings. The summed E-state index contributed by atoms with van der Waals surface area (Å²) in [5.74, 6) is 0.272. The molecule has 0 aliphatic heterocycles. The van der Waals surface area contributed by atoms with Crippen LogP contribution in [0.4, 0.5) is 5.95 Å². The van der Waals surface area contributed by atoms with Crippen molar-refractivity contribution in [2.24, 2.45) is 0 Å². The topological polar surface area (TPSA) is 56.7 Å². The van der Waals surface area contributed by atoms with Gasteiger partial charge < -0.3 is 10.3 Å². The first-order valence-electron chi connectivity index (χ1n) is 7.21. The zero-order valence-electron chi connectivity index (χ0n) is 12.4. The highest BCUT2D eigenvalue weighted by Crippen LogP contribution is 2.33. The van der Waals surface area contributed by atoms with Crippen LogP contribution in [-0.4, -0.2) is 14.5 Å². The molecule has 0 fully saturated rings. The van der Waals surface area contributed by atoms with E-state index in [1.54, 1.807) is 17.5 Å². The summed E-state index contributed by atoms with van der Waals surface area (Å²) in [6.07, 6.45) is 3.78. The van der Waals surface area contributed by atoms with Gasteiger partial charge in [-0.1, -0.05) is 27.5 Å². The maximum Gasteiger partial charge on any atom is 0.220 e. The highest BCUT2D eigenvalue weighted by molar-refractivity contribution is 9.10. The lowest BCUT2D eigenvalue weighted by Gasteiger charge is -2.03. The van der Waals surface area contributed by atoms with Crippen LogP contribution in [0.2, 0.25) is 4.34 Å². The Bertz CT molecular complexity index is 1040. The van der Waals surface area contributed by atoms with Crippen molar-refractivity contribution in [3.8, 4) is 11.3 Å². The second kappa shape index (κ2) is 6.20. The summed E-state index contributed by atoms with van der Waals surface area (Å²) in [5, 5.41) is 1.12. The largest absolute Gasteiger partial charge is 0.368 e. The molecule has 0 aliphatic rings. The van der Waals surface area contributed by atoms with Gasteiger partial charge in [-0.15, -0.1) is 11.3 Å². The number of nitrogens with zero attached hydrogens (tertiary/aromatic N) is 3. The fraction of sp³-hybridized carbons (Fsp3) is 0.0588. The number of halogens is 2. The van der Waals surface area contributed by atoms with Gasteiger partial charge in [-0.3, -0.25) is 0 Å². The van der Waals surface area contributed by atoms with Crippen molar-refractivity contribution in [2.75, 3.05) is 5.73 Å². The lowest BCUT2D eigenvalue weighted by Crippen LogP contribution is -1.96. The highest BCUT2D eigenvalue weighted by atomic mass is 79.9. The minimum Gasteiger partial charge on any atom is -0.368 e. The molecule has 0 spiro atoms. The van der Waals surface area contributed by atoms with E-state index in [0.717, 1.165) is 37.5 Å². The summed E-state index contributed by atoms with van der Waals surface area (Å²) in [6, 6.07) is 12.1. The van der Waals surface area contributed by atoms with Gasteiger partial charge in [0, 0.05) is 38.2 Å². The van der Waals surface area contributed by atoms with Crippen LogP contribution in [-0.2, 0) is 6.54 Å². The Balaban J connectivity index is 1.89. The quantitative estimate of drug-likeness (QED) is 0.496. The van der Waals surface area contributed by atoms with E-state index in [2.05, 4.69) is 54.9 Å². The lowest BCUT2D eigenvalue weighted by molar-refractivity contribution is 0.852. The molecule has 0 saturated heterocycles. The first-order valence-corrected chi connectivity index (χ1v) is 9.20. The van der Waals surface area contributed by atoms with E-state index < -0.39 is 0 Å². The van der Waals surface area contributed by atoms with E-state index in [0.29, 0.717) is 0 Å². The van der Waals surface area contributed by atoms with Crippen molar-refractivity contribution < 1.29 is 0 Å². The molecule has 0 amide bonds. The molecule has 0 atom stereocenters. The number of anilines is 1. The fourth-order valence-electron chi connectivity index (χ4n) is 2.73. The SMILES string of the molecule is Nc1nccc(-c2cn(Cc3ccc(Cl)s3)c3ccc(Br)cc23)n1. The van der Waals surface area contributed by atoms with Crippen LogP contribution in [0.5, 0.6) is 0 Å². The number of hydrogen-bond donors (Lipinski definition) is 1. The molecule has 3 heterocycles. The van der Waals surface area contributed by atoms with Gasteiger partial charge in [-0.2, -0.15) is 0 Å². The van der Waals surface area contributed by atoms with E-state index in [1.807, 2.05) is 18.2 Å². The molecule has 4 nitrogen and oxygen atoms in total. The molecule has 0 aliphatic carbocycles. The Labute approximate surface area is 156 Å². The third-order valence-corrected chi connectivity index (χ3v) is 5.46. The number of benzene rings is 1. The van der Waals surface area contributed by atoms with Crippen LogP contribution in [0.1, 0.15) is 4.88 Å². The molecule has 120 valence electrons. The number of nitrogen functional groups attached to an aromatic ring is 1. The zero-order valence-corrected chi connectivity index (χ0v) is 15.6. The van der Waals surface area contributed by atoms with Gasteiger partial charge in [-0.25, -0.2) is 9.97 Å². The Morgan fingerprint density at radius 3 is 2.83 bits per heavy atom. The smallest absolute Gasteiger partial charge is 0.220 e. The fourth-order valence-corrected chi connectivity index (χ4v) is 4.18. The molecule has 4 rings (SSSR count). The molecule has 2 N–H and O–H groups in total. The summed E-state index contributed by atoms with van der Waals surface area (Å²) in [4.78, 5) is 9.55. The van der Waals surface area contributed by atoms with Crippen LogP contribution in [0.25, 0.3) is 22.2 Å². The average Bonchev–Trinajstić information content (AvgIpc) is 3.11. The normalized spacial score (nSPS) is 11.2. The van der Waals surface area contributed by atoms with Crippen LogP contribution in [0.15, 0.2) is 53.3 Å². The summed E-state index contributed by atoms with van der Waals surface area (Å²) >= 11 is 11.2. The molecule has 24 heavy (non-hydrogen) atoms. The Kier molecular flexibility index (Phi) is 4.04. The van der Waals surface area contributed by atoms with Gasteiger partial charge in [0.05, 0.1) is 16.6 Å². The minimum absolute atomic E-state index is 0.272. The van der Waals surface area contributed by atoms with E-state index in [9.17, 15) is 0 Å². The Morgan fingerprint density at radius 2 is 2.08 bits per heavy atom. The van der Waals surface area contributed by atoms with Gasteiger partial charge in [0.1, 0.15) is 0 Å². The number of thiophene rings is 1. The maximum atomic E-state index is 6.06. The van der Waals surface area contributed by atoms with Crippen molar-refractivity contribution in [3.05, 3.63) is 62.5 Å². The minimum atomic E-state index is 0.272. The van der Waals surface area contributed by atoms with E-state index in [1.165, 1.54) is 4.88 Å². The Morgan fingerprint density at radius 1 is 1.21 bits per heavy atom. The molecule has 1 aromatic carbocycles. The molecule has 3 aromatic heterocycles. The van der Waals surface area contributed by atoms with Gasteiger partial charge in [0.2, 0.25) is 5.95 Å². The van der Waals surface area contributed by atoms with Gasteiger partial charge >= 0.3 is 0 Å². The molecule has 0 unspecified atom stereocenters. The second-order valence-electron chi connectivity index (χ2n) is 5.34. The van der Waals surface area contributed by atoms with Crippen molar-refractivity contribution in [1.29, 1.82) is 0 Å². The van der Waals surface area contributed by atoms with Gasteiger partial charge in [0.15, 0.2) is 0 Å². The third-order valence-electron chi connectivity index (χ3n) is 3.75. The third kappa shape index (κ3) is 2.92. The summed E-state index contributed by atoms with van der Waals surface area (Å²) < 4.78 is 4.03. The number of rotatable bonds is 3. The lowest BCUT2D eigenvalue weighted by atomic mass is 10.1. The molecule has 7 heteroatoms. The number of nitrogens with two attached hydrogens (primary N) is 1. The average molecular weight is 420 g/mol. The maximum absolute atomic E-state index is 6.06. The predicted molar refractivity (Wildman–Crippen MR) is 104 cm³/mol. The number of fused-ring (bicyclic) bond motifs is 1. The summed E-state index contributed by atoms with van der Waals surface area (Å²) in [6.45, 7) is 0.760. The van der Waals surface area contributed by atoms with E-state index in [4.69, 9.17) is 17.3 Å². The number of hydrogen-bond acceptors (Lipinski definition) is 4. The molecule has 0 bridgehead atoms. The van der Waals surface area contributed by atoms with Gasteiger partial charge in [-0.05, 0) is 36.4 Å². The first kappa shape index (κ1) is 15.6. The van der Waals surface area contributed by atoms with Crippen LogP contribution in [0.3, 0.4) is 0 Å². The zero-order chi connectivity index (χ0) is 16.7. The van der Waals surface area contributed by atoms with Crippen molar-refractivity contribution >= 4 is 55.7 Å². The van der Waals surface area contributed by atoms with E-state index >= 15 is 0 Å². The first-order chi connectivity index (χ1) is 11.6. The molecule has 0 radical (unpaired) electrons. The van der Waals surface area contributed by atoms with E-state index in [-0.39, 0.29) is 5.95 Å². The number of aromatic nitrogens is 3. The van der Waals surface area contributed by atoms with Crippen LogP contribution >= 0.6 is 38.9 Å². The summed E-state index contributed by atoms with van der Waals surface area (Å²) in [7, 11) is 0. The van der Waals surface area contributed by atoms with Gasteiger partial charge in [0.25, 0.3) is 0 Å².